The molecule has 2 aromatic heterocycles. The van der Waals surface area contributed by atoms with E-state index in [0.717, 1.165) is 16.3 Å². The van der Waals surface area contributed by atoms with Gasteiger partial charge in [-0.25, -0.2) is 4.98 Å². The van der Waals surface area contributed by atoms with Crippen LogP contribution in [0.15, 0.2) is 42.9 Å². The Hall–Kier alpha value is -2.94. The fourth-order valence-corrected chi connectivity index (χ4v) is 2.43. The average Bonchev–Trinajstić information content (AvgIpc) is 3.02. The molecule has 1 amide bonds. The molecule has 0 fully saturated rings. The third kappa shape index (κ3) is 3.67. The van der Waals surface area contributed by atoms with Crippen LogP contribution >= 0.6 is 11.6 Å². The molecule has 0 aliphatic carbocycles. The van der Waals surface area contributed by atoms with Crippen molar-refractivity contribution < 1.29 is 18.0 Å². The van der Waals surface area contributed by atoms with Gasteiger partial charge >= 0.3 is 6.18 Å². The number of hydrogen-bond donors (Lipinski definition) is 1. The number of nitrogens with zero attached hydrogens (tertiary/aromatic N) is 4. The maximum atomic E-state index is 12.7. The fraction of sp³-hybridized carbons (Fsp3) is 0.125. The molecule has 0 unspecified atom stereocenters. The molecule has 0 aliphatic heterocycles. The van der Waals surface area contributed by atoms with Gasteiger partial charge in [0.05, 0.1) is 10.6 Å². The summed E-state index contributed by atoms with van der Waals surface area (Å²) in [4.78, 5) is 19.8. The highest BCUT2D eigenvalue weighted by Gasteiger charge is 2.31. The van der Waals surface area contributed by atoms with Crippen molar-refractivity contribution in [3.8, 4) is 5.82 Å². The van der Waals surface area contributed by atoms with E-state index in [1.807, 2.05) is 0 Å². The molecule has 6 nitrogen and oxygen atoms in total. The summed E-state index contributed by atoms with van der Waals surface area (Å²) in [6.45, 7) is 1.78. The number of hydrogen-bond acceptors (Lipinski definition) is 4. The number of amides is 1. The Balaban J connectivity index is 1.82. The number of carbonyl (C=O) groups is 1. The largest absolute Gasteiger partial charge is 0.417 e. The second-order valence-corrected chi connectivity index (χ2v) is 5.72. The van der Waals surface area contributed by atoms with Crippen LogP contribution in [0.4, 0.5) is 19.1 Å². The molecule has 2 heterocycles. The number of halogens is 4. The van der Waals surface area contributed by atoms with Crippen molar-refractivity contribution in [2.45, 2.75) is 13.1 Å². The van der Waals surface area contributed by atoms with Crippen LogP contribution in [-0.2, 0) is 6.18 Å². The lowest BCUT2D eigenvalue weighted by Crippen LogP contribution is -2.14. The molecule has 134 valence electrons. The van der Waals surface area contributed by atoms with Crippen LogP contribution in [-0.4, -0.2) is 25.7 Å². The number of benzene rings is 1. The zero-order valence-electron chi connectivity index (χ0n) is 13.3. The summed E-state index contributed by atoms with van der Waals surface area (Å²) in [7, 11) is 0. The van der Waals surface area contributed by atoms with Crippen molar-refractivity contribution in [1.29, 1.82) is 0 Å². The lowest BCUT2D eigenvalue weighted by atomic mass is 10.1. The third-order valence-electron chi connectivity index (χ3n) is 3.47. The smallest absolute Gasteiger partial charge is 0.289 e. The van der Waals surface area contributed by atoms with Gasteiger partial charge < -0.3 is 0 Å². The third-order valence-corrected chi connectivity index (χ3v) is 3.75. The maximum absolute atomic E-state index is 12.7. The molecule has 0 spiro atoms. The van der Waals surface area contributed by atoms with Gasteiger partial charge in [-0.15, -0.1) is 5.10 Å². The predicted molar refractivity (Wildman–Crippen MR) is 88.3 cm³/mol. The summed E-state index contributed by atoms with van der Waals surface area (Å²) in [6.07, 6.45) is -2.71. The highest BCUT2D eigenvalue weighted by Crippen LogP contribution is 2.31. The number of alkyl halides is 3. The minimum absolute atomic E-state index is 0.0315. The number of carbonyl (C=O) groups excluding carboxylic acids is 1. The average molecular weight is 382 g/mol. The first-order valence-corrected chi connectivity index (χ1v) is 7.65. The van der Waals surface area contributed by atoms with Crippen molar-refractivity contribution in [2.75, 3.05) is 5.32 Å². The highest BCUT2D eigenvalue weighted by atomic mass is 35.5. The molecule has 0 saturated heterocycles. The fourth-order valence-electron chi connectivity index (χ4n) is 2.17. The maximum Gasteiger partial charge on any atom is 0.417 e. The van der Waals surface area contributed by atoms with Gasteiger partial charge in [-0.3, -0.25) is 10.1 Å². The number of aromatic nitrogens is 4. The Labute approximate surface area is 150 Å². The van der Waals surface area contributed by atoms with E-state index in [1.165, 1.54) is 6.33 Å². The summed E-state index contributed by atoms with van der Waals surface area (Å²) in [5, 5.41) is 6.24. The first kappa shape index (κ1) is 17.9. The van der Waals surface area contributed by atoms with Gasteiger partial charge in [0.25, 0.3) is 5.91 Å². The van der Waals surface area contributed by atoms with Gasteiger partial charge in [0.2, 0.25) is 5.95 Å². The Bertz CT molecular complexity index is 971. The van der Waals surface area contributed by atoms with Crippen LogP contribution in [0.1, 0.15) is 21.5 Å². The molecular weight excluding hydrogens is 371 g/mol. The minimum atomic E-state index is -4.55. The van der Waals surface area contributed by atoms with Crippen LogP contribution in [0.25, 0.3) is 5.82 Å². The van der Waals surface area contributed by atoms with Crippen molar-refractivity contribution in [1.82, 2.24) is 19.7 Å². The van der Waals surface area contributed by atoms with Gasteiger partial charge in [0, 0.05) is 11.8 Å². The number of anilines is 1. The van der Waals surface area contributed by atoms with Crippen LogP contribution in [0.5, 0.6) is 0 Å². The summed E-state index contributed by atoms with van der Waals surface area (Å²) in [6, 6.07) is 7.71. The molecule has 0 atom stereocenters. The summed E-state index contributed by atoms with van der Waals surface area (Å²) < 4.78 is 39.1. The van der Waals surface area contributed by atoms with E-state index < -0.39 is 17.6 Å². The normalized spacial score (nSPS) is 11.4. The zero-order chi connectivity index (χ0) is 18.9. The molecule has 0 saturated carbocycles. The molecule has 3 aromatic rings. The number of aryl methyl sites for hydroxylation is 1. The first-order valence-electron chi connectivity index (χ1n) is 7.27. The lowest BCUT2D eigenvalue weighted by molar-refractivity contribution is -0.137. The molecule has 3 rings (SSSR count). The Morgan fingerprint density at radius 2 is 1.96 bits per heavy atom. The second-order valence-electron chi connectivity index (χ2n) is 5.31. The van der Waals surface area contributed by atoms with E-state index in [1.54, 1.807) is 31.2 Å². The highest BCUT2D eigenvalue weighted by molar-refractivity contribution is 6.32. The van der Waals surface area contributed by atoms with E-state index in [-0.39, 0.29) is 16.8 Å². The molecule has 0 radical (unpaired) electrons. The molecule has 0 aliphatic rings. The Kier molecular flexibility index (Phi) is 4.64. The van der Waals surface area contributed by atoms with Gasteiger partial charge in [-0.1, -0.05) is 29.8 Å². The van der Waals surface area contributed by atoms with E-state index in [2.05, 4.69) is 20.4 Å². The molecule has 26 heavy (non-hydrogen) atoms. The predicted octanol–water partition coefficient (Wildman–Crippen LogP) is 3.90. The SMILES string of the molecule is Cc1ccccc1C(=O)Nc1ncn(-c2ncc(C(F)(F)F)cc2Cl)n1. The summed E-state index contributed by atoms with van der Waals surface area (Å²) >= 11 is 5.86. The van der Waals surface area contributed by atoms with Gasteiger partial charge in [-0.2, -0.15) is 22.8 Å². The van der Waals surface area contributed by atoms with Gasteiger partial charge in [0.1, 0.15) is 6.33 Å². The monoisotopic (exact) mass is 381 g/mol. The molecule has 1 aromatic carbocycles. The van der Waals surface area contributed by atoms with Gasteiger partial charge in [-0.05, 0) is 24.6 Å². The second kappa shape index (κ2) is 6.75. The molecular formula is C16H11ClF3N5O. The molecule has 1 N–H and O–H groups in total. The Morgan fingerprint density at radius 3 is 2.62 bits per heavy atom. The van der Waals surface area contributed by atoms with Crippen LogP contribution in [0, 0.1) is 6.92 Å². The summed E-state index contributed by atoms with van der Waals surface area (Å²) in [5.74, 6) is -0.480. The molecule has 0 bridgehead atoms. The van der Waals surface area contributed by atoms with Crippen LogP contribution < -0.4 is 5.32 Å². The van der Waals surface area contributed by atoms with E-state index in [4.69, 9.17) is 11.6 Å². The standard InChI is InChI=1S/C16H11ClF3N5O/c1-9-4-2-3-5-11(9)14(26)23-15-22-8-25(24-15)13-12(17)6-10(7-21-13)16(18,19)20/h2-8H,1H3,(H,23,24,26). The van der Waals surface area contributed by atoms with Crippen molar-refractivity contribution in [3.05, 3.63) is 64.6 Å². The van der Waals surface area contributed by atoms with E-state index in [0.29, 0.717) is 11.8 Å². The van der Waals surface area contributed by atoms with Crippen molar-refractivity contribution in [2.24, 2.45) is 0 Å². The van der Waals surface area contributed by atoms with Crippen LogP contribution in [0.2, 0.25) is 5.02 Å². The molecule has 10 heteroatoms. The van der Waals surface area contributed by atoms with Crippen molar-refractivity contribution >= 4 is 23.5 Å². The Morgan fingerprint density at radius 1 is 1.23 bits per heavy atom. The lowest BCUT2D eigenvalue weighted by Gasteiger charge is -2.08. The van der Waals surface area contributed by atoms with E-state index >= 15 is 0 Å². The van der Waals surface area contributed by atoms with Crippen molar-refractivity contribution in [3.63, 3.8) is 0 Å². The quantitative estimate of drug-likeness (QED) is 0.747. The topological polar surface area (TPSA) is 72.7 Å². The van der Waals surface area contributed by atoms with Crippen LogP contribution in [0.3, 0.4) is 0 Å². The van der Waals surface area contributed by atoms with E-state index in [9.17, 15) is 18.0 Å². The van der Waals surface area contributed by atoms with Gasteiger partial charge in [0.15, 0.2) is 5.82 Å². The zero-order valence-corrected chi connectivity index (χ0v) is 14.0. The summed E-state index contributed by atoms with van der Waals surface area (Å²) in [5.41, 5.74) is 0.255. The first-order chi connectivity index (χ1) is 12.3. The number of rotatable bonds is 3. The number of pyridine rings is 1. The minimum Gasteiger partial charge on any atom is -0.289 e. The number of nitrogens with one attached hydrogen (secondary N) is 1.